The molecule has 0 N–H and O–H groups in total. The van der Waals surface area contributed by atoms with E-state index in [1.54, 1.807) is 13.0 Å². The summed E-state index contributed by atoms with van der Waals surface area (Å²) < 4.78 is 19.8. The third kappa shape index (κ3) is 17.9. The van der Waals surface area contributed by atoms with Gasteiger partial charge in [-0.3, -0.25) is 14.4 Å². The summed E-state index contributed by atoms with van der Waals surface area (Å²) in [6.45, 7) is 19.0. The fourth-order valence-corrected chi connectivity index (χ4v) is 2.59. The summed E-state index contributed by atoms with van der Waals surface area (Å²) in [6, 6.07) is 0. The van der Waals surface area contributed by atoms with Gasteiger partial charge in [-0.2, -0.15) is 0 Å². The fourth-order valence-electron chi connectivity index (χ4n) is 2.59. The van der Waals surface area contributed by atoms with Crippen LogP contribution >= 0.6 is 0 Å². The molecule has 0 unspecified atom stereocenters. The predicted octanol–water partition coefficient (Wildman–Crippen LogP) is 6.28. The molecule has 1 rings (SSSR count). The lowest BCUT2D eigenvalue weighted by Crippen LogP contribution is -2.32. The first-order valence-electron chi connectivity index (χ1n) is 12.0. The van der Waals surface area contributed by atoms with Crippen LogP contribution in [0.5, 0.6) is 0 Å². The highest BCUT2D eigenvalue weighted by Gasteiger charge is 2.33. The van der Waals surface area contributed by atoms with Crippen LogP contribution in [0.2, 0.25) is 0 Å². The van der Waals surface area contributed by atoms with Crippen molar-refractivity contribution in [3.05, 3.63) is 36.8 Å². The number of hydrogen-bond donors (Lipinski definition) is 0. The van der Waals surface area contributed by atoms with E-state index in [0.717, 1.165) is 0 Å². The van der Waals surface area contributed by atoms with Crippen molar-refractivity contribution in [3.63, 3.8) is 0 Å². The molecule has 0 aliphatic heterocycles. The number of esters is 3. The van der Waals surface area contributed by atoms with Gasteiger partial charge in [0.1, 0.15) is 17.1 Å². The van der Waals surface area contributed by atoms with Gasteiger partial charge in [0.05, 0.1) is 26.1 Å². The molecule has 0 aromatic heterocycles. The molecule has 0 spiro atoms. The van der Waals surface area contributed by atoms with Crippen molar-refractivity contribution in [2.45, 2.75) is 92.1 Å². The van der Waals surface area contributed by atoms with Crippen LogP contribution in [0.3, 0.4) is 0 Å². The first-order chi connectivity index (χ1) is 15.8. The molecule has 0 radical (unpaired) electrons. The zero-order valence-electron chi connectivity index (χ0n) is 22.5. The van der Waals surface area contributed by atoms with Crippen molar-refractivity contribution in [2.75, 3.05) is 14.2 Å². The van der Waals surface area contributed by atoms with Crippen molar-refractivity contribution in [1.29, 1.82) is 0 Å². The van der Waals surface area contributed by atoms with Gasteiger partial charge >= 0.3 is 17.9 Å². The summed E-state index contributed by atoms with van der Waals surface area (Å²) >= 11 is 0. The smallest absolute Gasteiger partial charge is 0.314 e. The Morgan fingerprint density at radius 2 is 1.24 bits per heavy atom. The topological polar surface area (TPSA) is 88.1 Å². The monoisotopic (exact) mass is 482 g/mol. The Labute approximate surface area is 206 Å². The van der Waals surface area contributed by atoms with Crippen LogP contribution in [0.15, 0.2) is 36.8 Å². The van der Waals surface area contributed by atoms with E-state index in [1.165, 1.54) is 33.1 Å². The van der Waals surface area contributed by atoms with Gasteiger partial charge in [0.25, 0.3) is 0 Å². The molecule has 1 aliphatic carbocycles. The van der Waals surface area contributed by atoms with Gasteiger partial charge in [-0.1, -0.05) is 46.8 Å². The SMILES string of the molecule is C=C(/C=C\C(=C)OC(=O)C1CCC(C(=O)OC(C)(C)C)CC1)OC.CCC(=O)OC.CCCC. The van der Waals surface area contributed by atoms with Gasteiger partial charge in [0.2, 0.25) is 0 Å². The Hall–Kier alpha value is -2.57. The van der Waals surface area contributed by atoms with E-state index in [1.807, 2.05) is 20.8 Å². The van der Waals surface area contributed by atoms with E-state index >= 15 is 0 Å². The van der Waals surface area contributed by atoms with Crippen molar-refractivity contribution < 1.29 is 33.3 Å². The molecule has 1 fully saturated rings. The summed E-state index contributed by atoms with van der Waals surface area (Å²) in [7, 11) is 2.89. The Morgan fingerprint density at radius 3 is 1.56 bits per heavy atom. The number of ether oxygens (including phenoxy) is 4. The number of allylic oxidation sites excluding steroid dienone is 2. The maximum absolute atomic E-state index is 12.1. The van der Waals surface area contributed by atoms with Crippen molar-refractivity contribution in [3.8, 4) is 0 Å². The Balaban J connectivity index is 0. The number of hydrogen-bond acceptors (Lipinski definition) is 7. The van der Waals surface area contributed by atoms with Crippen LogP contribution in [0, 0.1) is 11.8 Å². The van der Waals surface area contributed by atoms with Crippen LogP contribution in [0.1, 0.15) is 86.5 Å². The highest BCUT2D eigenvalue weighted by molar-refractivity contribution is 5.76. The lowest BCUT2D eigenvalue weighted by Gasteiger charge is -2.28. The average molecular weight is 483 g/mol. The molecule has 0 bridgehead atoms. The molecule has 0 aromatic carbocycles. The van der Waals surface area contributed by atoms with Gasteiger partial charge in [-0.25, -0.2) is 0 Å². The molecule has 1 saturated carbocycles. The normalized spacial score (nSPS) is 17.2. The maximum atomic E-state index is 12.1. The molecule has 7 nitrogen and oxygen atoms in total. The van der Waals surface area contributed by atoms with Crippen molar-refractivity contribution in [2.24, 2.45) is 11.8 Å². The van der Waals surface area contributed by atoms with Crippen LogP contribution in [0.4, 0.5) is 0 Å². The third-order valence-corrected chi connectivity index (χ3v) is 4.77. The highest BCUT2D eigenvalue weighted by Crippen LogP contribution is 2.31. The molecule has 1 aliphatic rings. The quantitative estimate of drug-likeness (QED) is 0.174. The number of carbonyl (C=O) groups is 3. The Bertz CT molecular complexity index is 655. The van der Waals surface area contributed by atoms with E-state index in [9.17, 15) is 14.4 Å². The molecule has 0 aromatic rings. The molecule has 0 atom stereocenters. The van der Waals surface area contributed by atoms with E-state index in [2.05, 4.69) is 31.7 Å². The van der Waals surface area contributed by atoms with Gasteiger partial charge in [-0.05, 0) is 58.6 Å². The van der Waals surface area contributed by atoms with E-state index in [-0.39, 0.29) is 35.5 Å². The summed E-state index contributed by atoms with van der Waals surface area (Å²) in [5, 5.41) is 0. The minimum Gasteiger partial charge on any atom is -0.497 e. The van der Waals surface area contributed by atoms with E-state index in [4.69, 9.17) is 14.2 Å². The molecule has 0 heterocycles. The zero-order chi connectivity index (χ0) is 26.7. The van der Waals surface area contributed by atoms with Crippen molar-refractivity contribution in [1.82, 2.24) is 0 Å². The van der Waals surface area contributed by atoms with Gasteiger partial charge in [0.15, 0.2) is 0 Å². The summed E-state index contributed by atoms with van der Waals surface area (Å²) in [4.78, 5) is 34.2. The molecular weight excluding hydrogens is 436 g/mol. The molecule has 0 saturated heterocycles. The lowest BCUT2D eigenvalue weighted by atomic mass is 9.82. The predicted molar refractivity (Wildman–Crippen MR) is 135 cm³/mol. The largest absolute Gasteiger partial charge is 0.497 e. The van der Waals surface area contributed by atoms with E-state index < -0.39 is 5.60 Å². The van der Waals surface area contributed by atoms with Gasteiger partial charge in [-0.15, -0.1) is 0 Å². The average Bonchev–Trinajstić information content (AvgIpc) is 2.81. The van der Waals surface area contributed by atoms with E-state index in [0.29, 0.717) is 37.9 Å². The standard InChI is InChI=1S/C19H28O5.C4H8O2.C4H10/c1-13(22-6)7-8-14(2)23-17(20)15-9-11-16(12-10-15)18(21)24-19(3,4)5;1-3-4(5)6-2;1-3-4-2/h7-8,15-16H,1-2,9-12H2,3-6H3;3H2,1-2H3;3-4H2,1-2H3/b8-7-;;. The molecule has 34 heavy (non-hydrogen) atoms. The van der Waals surface area contributed by atoms with Crippen LogP contribution < -0.4 is 0 Å². The molecule has 0 amide bonds. The molecule has 7 heteroatoms. The first kappa shape index (κ1) is 33.6. The number of unbranched alkanes of at least 4 members (excludes halogenated alkanes) is 1. The maximum Gasteiger partial charge on any atom is 0.314 e. The zero-order valence-corrected chi connectivity index (χ0v) is 22.5. The number of methoxy groups -OCH3 is 2. The Morgan fingerprint density at radius 1 is 0.794 bits per heavy atom. The summed E-state index contributed by atoms with van der Waals surface area (Å²) in [6.07, 6.45) is 8.73. The first-order valence-corrected chi connectivity index (χ1v) is 12.0. The fraction of sp³-hybridized carbons (Fsp3) is 0.667. The summed E-state index contributed by atoms with van der Waals surface area (Å²) in [5.41, 5.74) is -0.483. The van der Waals surface area contributed by atoms with Crippen LogP contribution in [-0.4, -0.2) is 37.7 Å². The number of rotatable bonds is 8. The third-order valence-electron chi connectivity index (χ3n) is 4.77. The Kier molecular flexibility index (Phi) is 18.6. The molecular formula is C27H46O7. The van der Waals surface area contributed by atoms with Crippen molar-refractivity contribution >= 4 is 17.9 Å². The minimum absolute atomic E-state index is 0.138. The lowest BCUT2D eigenvalue weighted by molar-refractivity contribution is -0.162. The molecule has 196 valence electrons. The van der Waals surface area contributed by atoms with Crippen LogP contribution in [0.25, 0.3) is 0 Å². The minimum atomic E-state index is -0.483. The van der Waals surface area contributed by atoms with Crippen LogP contribution in [-0.2, 0) is 33.3 Å². The highest BCUT2D eigenvalue weighted by atomic mass is 16.6. The second kappa shape index (κ2) is 18.8. The number of carbonyl (C=O) groups excluding carboxylic acids is 3. The van der Waals surface area contributed by atoms with Gasteiger partial charge in [0, 0.05) is 6.42 Å². The second-order valence-electron chi connectivity index (χ2n) is 8.90. The van der Waals surface area contributed by atoms with Gasteiger partial charge < -0.3 is 18.9 Å². The summed E-state index contributed by atoms with van der Waals surface area (Å²) in [5.74, 6) is -0.302. The second-order valence-corrected chi connectivity index (χ2v) is 8.90.